The zero-order valence-corrected chi connectivity index (χ0v) is 16.7. The van der Waals surface area contributed by atoms with Crippen LogP contribution in [0.3, 0.4) is 0 Å². The molecule has 0 spiro atoms. The molecule has 142 valence electrons. The van der Waals surface area contributed by atoms with Crippen molar-refractivity contribution in [2.45, 2.75) is 40.2 Å². The lowest BCUT2D eigenvalue weighted by Gasteiger charge is -2.31. The third-order valence-electron chi connectivity index (χ3n) is 5.22. The molecule has 2 aromatic carbocycles. The molecule has 1 fully saturated rings. The average Bonchev–Trinajstić information content (AvgIpc) is 2.65. The van der Waals surface area contributed by atoms with Gasteiger partial charge >= 0.3 is 0 Å². The Bertz CT molecular complexity index is 795. The number of allylic oxidation sites excluding steroid dienone is 2. The van der Waals surface area contributed by atoms with Crippen molar-refractivity contribution in [2.24, 2.45) is 5.92 Å². The van der Waals surface area contributed by atoms with Crippen molar-refractivity contribution in [1.29, 1.82) is 0 Å². The third kappa shape index (κ3) is 5.54. The van der Waals surface area contributed by atoms with Crippen LogP contribution >= 0.6 is 0 Å². The van der Waals surface area contributed by atoms with Gasteiger partial charge in [-0.25, -0.2) is 0 Å². The summed E-state index contributed by atoms with van der Waals surface area (Å²) in [6.07, 6.45) is 4.89. The van der Waals surface area contributed by atoms with Crippen molar-refractivity contribution in [3.63, 3.8) is 0 Å². The highest BCUT2D eigenvalue weighted by atomic mass is 16.1. The normalized spacial score (nSPS) is 15.4. The number of amides is 1. The van der Waals surface area contributed by atoms with Gasteiger partial charge in [-0.05, 0) is 81.9 Å². The number of carbonyl (C=O) groups excluding carboxylic acids is 1. The second-order valence-corrected chi connectivity index (χ2v) is 7.82. The molecule has 0 bridgehead atoms. The van der Waals surface area contributed by atoms with E-state index in [0.29, 0.717) is 5.56 Å². The molecule has 1 N–H and O–H groups in total. The Labute approximate surface area is 163 Å². The largest absolute Gasteiger partial charge is 0.322 e. The summed E-state index contributed by atoms with van der Waals surface area (Å²) in [7, 11) is 0. The van der Waals surface area contributed by atoms with E-state index in [9.17, 15) is 4.79 Å². The van der Waals surface area contributed by atoms with Gasteiger partial charge < -0.3 is 5.32 Å². The molecule has 3 rings (SSSR count). The van der Waals surface area contributed by atoms with Crippen LogP contribution < -0.4 is 5.32 Å². The van der Waals surface area contributed by atoms with Gasteiger partial charge in [0.15, 0.2) is 0 Å². The summed E-state index contributed by atoms with van der Waals surface area (Å²) >= 11 is 0. The Morgan fingerprint density at radius 3 is 2.37 bits per heavy atom. The van der Waals surface area contributed by atoms with Gasteiger partial charge in [-0.15, -0.1) is 0 Å². The Hall–Kier alpha value is -2.39. The molecule has 0 radical (unpaired) electrons. The predicted octanol–water partition coefficient (Wildman–Crippen LogP) is 5.43. The van der Waals surface area contributed by atoms with Gasteiger partial charge in [0.2, 0.25) is 0 Å². The third-order valence-corrected chi connectivity index (χ3v) is 5.22. The molecule has 1 aliphatic heterocycles. The SMILES string of the molecule is CC(C)=CC1CCN(Cc2ccc(C(=O)Nc3ccccc3C)cc2)CC1. The molecule has 0 saturated carbocycles. The molecule has 1 amide bonds. The van der Waals surface area contributed by atoms with Crippen LogP contribution in [0.2, 0.25) is 0 Å². The van der Waals surface area contributed by atoms with E-state index in [1.165, 1.54) is 24.0 Å². The Morgan fingerprint density at radius 1 is 1.07 bits per heavy atom. The molecule has 2 aromatic rings. The van der Waals surface area contributed by atoms with Gasteiger partial charge in [-0.2, -0.15) is 0 Å². The van der Waals surface area contributed by atoms with Crippen molar-refractivity contribution in [1.82, 2.24) is 4.90 Å². The second kappa shape index (κ2) is 9.01. The molecule has 3 nitrogen and oxygen atoms in total. The maximum Gasteiger partial charge on any atom is 0.255 e. The van der Waals surface area contributed by atoms with Gasteiger partial charge in [0, 0.05) is 17.8 Å². The standard InChI is InChI=1S/C24H30N2O/c1-18(2)16-20-12-14-26(15-13-20)17-21-8-10-22(11-9-21)24(27)25-23-7-5-4-6-19(23)3/h4-11,16,20H,12-15,17H2,1-3H3,(H,25,27). The van der Waals surface area contributed by atoms with Crippen molar-refractivity contribution in [3.8, 4) is 0 Å². The van der Waals surface area contributed by atoms with Crippen molar-refractivity contribution >= 4 is 11.6 Å². The van der Waals surface area contributed by atoms with E-state index in [1.807, 2.05) is 43.3 Å². The van der Waals surface area contributed by atoms with Crippen molar-refractivity contribution < 1.29 is 4.79 Å². The molecule has 1 aliphatic rings. The molecular formula is C24H30N2O. The van der Waals surface area contributed by atoms with Crippen LogP contribution in [-0.2, 0) is 6.54 Å². The van der Waals surface area contributed by atoms with E-state index >= 15 is 0 Å². The van der Waals surface area contributed by atoms with E-state index in [2.05, 4.69) is 42.3 Å². The number of nitrogens with zero attached hydrogens (tertiary/aromatic N) is 1. The fraction of sp³-hybridized carbons (Fsp3) is 0.375. The fourth-order valence-corrected chi connectivity index (χ4v) is 3.68. The smallest absolute Gasteiger partial charge is 0.255 e. The summed E-state index contributed by atoms with van der Waals surface area (Å²) in [5.74, 6) is 0.678. The molecule has 27 heavy (non-hydrogen) atoms. The number of piperidine rings is 1. The summed E-state index contributed by atoms with van der Waals surface area (Å²) in [4.78, 5) is 15.0. The molecule has 0 unspecified atom stereocenters. The summed E-state index contributed by atoms with van der Waals surface area (Å²) in [5.41, 5.74) is 5.32. The first-order valence-corrected chi connectivity index (χ1v) is 9.84. The number of aryl methyl sites for hydroxylation is 1. The van der Waals surface area contributed by atoms with Crippen molar-refractivity contribution in [2.75, 3.05) is 18.4 Å². The van der Waals surface area contributed by atoms with Gasteiger partial charge in [-0.1, -0.05) is 42.0 Å². The van der Waals surface area contributed by atoms with E-state index in [1.54, 1.807) is 0 Å². The number of likely N-dealkylation sites (tertiary alicyclic amines) is 1. The number of benzene rings is 2. The highest BCUT2D eigenvalue weighted by molar-refractivity contribution is 6.04. The minimum atomic E-state index is -0.0570. The van der Waals surface area contributed by atoms with E-state index < -0.39 is 0 Å². The number of hydrogen-bond donors (Lipinski definition) is 1. The van der Waals surface area contributed by atoms with Gasteiger partial charge in [0.1, 0.15) is 0 Å². The summed E-state index contributed by atoms with van der Waals surface area (Å²) in [5, 5.41) is 2.99. The number of hydrogen-bond acceptors (Lipinski definition) is 2. The Balaban J connectivity index is 1.54. The van der Waals surface area contributed by atoms with Crippen LogP contribution in [0.25, 0.3) is 0 Å². The molecular weight excluding hydrogens is 332 g/mol. The zero-order valence-electron chi connectivity index (χ0n) is 16.7. The molecule has 3 heteroatoms. The molecule has 0 atom stereocenters. The number of carbonyl (C=O) groups is 1. The van der Waals surface area contributed by atoms with Crippen LogP contribution in [0.4, 0.5) is 5.69 Å². The average molecular weight is 363 g/mol. The quantitative estimate of drug-likeness (QED) is 0.720. The van der Waals surface area contributed by atoms with Crippen LogP contribution in [0.1, 0.15) is 48.2 Å². The van der Waals surface area contributed by atoms with E-state index in [0.717, 1.165) is 36.8 Å². The minimum Gasteiger partial charge on any atom is -0.322 e. The topological polar surface area (TPSA) is 32.3 Å². The Kier molecular flexibility index (Phi) is 6.46. The first-order valence-electron chi connectivity index (χ1n) is 9.84. The lowest BCUT2D eigenvalue weighted by Crippen LogP contribution is -2.32. The van der Waals surface area contributed by atoms with Crippen LogP contribution in [-0.4, -0.2) is 23.9 Å². The Morgan fingerprint density at radius 2 is 1.74 bits per heavy atom. The summed E-state index contributed by atoms with van der Waals surface area (Å²) < 4.78 is 0. The number of rotatable bonds is 5. The number of nitrogens with one attached hydrogen (secondary N) is 1. The number of para-hydroxylation sites is 1. The minimum absolute atomic E-state index is 0.0570. The van der Waals surface area contributed by atoms with E-state index in [-0.39, 0.29) is 5.91 Å². The van der Waals surface area contributed by atoms with Crippen LogP contribution in [0.15, 0.2) is 60.2 Å². The number of anilines is 1. The first-order chi connectivity index (χ1) is 13.0. The maximum atomic E-state index is 12.5. The monoisotopic (exact) mass is 362 g/mol. The highest BCUT2D eigenvalue weighted by Gasteiger charge is 2.17. The van der Waals surface area contributed by atoms with Crippen molar-refractivity contribution in [3.05, 3.63) is 76.9 Å². The van der Waals surface area contributed by atoms with Gasteiger partial charge in [0.05, 0.1) is 0 Å². The maximum absolute atomic E-state index is 12.5. The zero-order chi connectivity index (χ0) is 19.2. The second-order valence-electron chi connectivity index (χ2n) is 7.82. The predicted molar refractivity (Wildman–Crippen MR) is 113 cm³/mol. The summed E-state index contributed by atoms with van der Waals surface area (Å²) in [6.45, 7) is 9.61. The summed E-state index contributed by atoms with van der Waals surface area (Å²) in [6, 6.07) is 15.9. The van der Waals surface area contributed by atoms with Crippen LogP contribution in [0.5, 0.6) is 0 Å². The fourth-order valence-electron chi connectivity index (χ4n) is 3.68. The molecule has 1 heterocycles. The van der Waals surface area contributed by atoms with E-state index in [4.69, 9.17) is 0 Å². The van der Waals surface area contributed by atoms with Gasteiger partial charge in [0.25, 0.3) is 5.91 Å². The molecule has 0 aromatic heterocycles. The lowest BCUT2D eigenvalue weighted by molar-refractivity contribution is 0.102. The first kappa shape index (κ1) is 19.4. The highest BCUT2D eigenvalue weighted by Crippen LogP contribution is 2.21. The molecule has 1 saturated heterocycles. The van der Waals surface area contributed by atoms with Gasteiger partial charge in [-0.3, -0.25) is 9.69 Å². The lowest BCUT2D eigenvalue weighted by atomic mass is 9.94. The van der Waals surface area contributed by atoms with Crippen LogP contribution in [0, 0.1) is 12.8 Å². The molecule has 0 aliphatic carbocycles.